The number of likely N-dealkylation sites (N-methyl/N-ethyl adjacent to an activating group) is 1. The minimum atomic E-state index is -0.203. The van der Waals surface area contributed by atoms with Crippen molar-refractivity contribution >= 4 is 5.91 Å². The summed E-state index contributed by atoms with van der Waals surface area (Å²) in [5, 5.41) is 2.71. The molecular weight excluding hydrogens is 152 g/mol. The fourth-order valence-electron chi connectivity index (χ4n) is 0.581. The second kappa shape index (κ2) is 5.62. The van der Waals surface area contributed by atoms with Gasteiger partial charge in [-0.25, -0.2) is 0 Å². The predicted octanol–water partition coefficient (Wildman–Crippen LogP) is 0.0760. The van der Waals surface area contributed by atoms with Gasteiger partial charge in [-0.1, -0.05) is 5.92 Å². The van der Waals surface area contributed by atoms with Gasteiger partial charge in [0, 0.05) is 12.6 Å². The van der Waals surface area contributed by atoms with E-state index in [0.29, 0.717) is 12.6 Å². The largest absolute Gasteiger partial charge is 0.344 e. The molecule has 1 N–H and O–H groups in total. The SMILES string of the molecule is CC#CC(=O)NCC(C)N(C)C. The second-order valence-corrected chi connectivity index (χ2v) is 2.90. The van der Waals surface area contributed by atoms with Crippen LogP contribution in [0.3, 0.4) is 0 Å². The fourth-order valence-corrected chi connectivity index (χ4v) is 0.581. The van der Waals surface area contributed by atoms with Crippen LogP contribution in [0.5, 0.6) is 0 Å². The standard InChI is InChI=1S/C9H16N2O/c1-5-6-9(12)10-7-8(2)11(3)4/h8H,7H2,1-4H3,(H,10,12). The van der Waals surface area contributed by atoms with E-state index in [0.717, 1.165) is 0 Å². The van der Waals surface area contributed by atoms with Crippen LogP contribution in [0.2, 0.25) is 0 Å². The van der Waals surface area contributed by atoms with Crippen LogP contribution in [0, 0.1) is 11.8 Å². The van der Waals surface area contributed by atoms with E-state index in [9.17, 15) is 4.79 Å². The Morgan fingerprint density at radius 3 is 2.58 bits per heavy atom. The molecule has 0 radical (unpaired) electrons. The highest BCUT2D eigenvalue weighted by Gasteiger charge is 2.04. The molecule has 12 heavy (non-hydrogen) atoms. The lowest BCUT2D eigenvalue weighted by molar-refractivity contribution is -0.115. The molecule has 0 aliphatic rings. The van der Waals surface area contributed by atoms with Gasteiger partial charge < -0.3 is 10.2 Å². The molecule has 1 unspecified atom stereocenters. The lowest BCUT2D eigenvalue weighted by atomic mass is 10.3. The molecule has 0 aromatic rings. The van der Waals surface area contributed by atoms with Crippen molar-refractivity contribution in [3.05, 3.63) is 0 Å². The van der Waals surface area contributed by atoms with Crippen molar-refractivity contribution < 1.29 is 4.79 Å². The molecule has 0 bridgehead atoms. The maximum absolute atomic E-state index is 10.9. The van der Waals surface area contributed by atoms with Crippen LogP contribution >= 0.6 is 0 Å². The van der Waals surface area contributed by atoms with Crippen LogP contribution in [0.1, 0.15) is 13.8 Å². The van der Waals surface area contributed by atoms with Crippen LogP contribution in [0.15, 0.2) is 0 Å². The Bertz CT molecular complexity index is 200. The zero-order valence-corrected chi connectivity index (χ0v) is 8.14. The highest BCUT2D eigenvalue weighted by Crippen LogP contribution is 1.87. The number of carbonyl (C=O) groups is 1. The van der Waals surface area contributed by atoms with E-state index in [1.807, 2.05) is 25.9 Å². The molecule has 0 aliphatic heterocycles. The first-order chi connectivity index (χ1) is 5.57. The smallest absolute Gasteiger partial charge is 0.295 e. The van der Waals surface area contributed by atoms with Crippen LogP contribution < -0.4 is 5.32 Å². The van der Waals surface area contributed by atoms with Gasteiger partial charge in [-0.3, -0.25) is 4.79 Å². The number of rotatable bonds is 3. The minimum absolute atomic E-state index is 0.203. The number of nitrogens with zero attached hydrogens (tertiary/aromatic N) is 1. The molecule has 1 atom stereocenters. The highest BCUT2D eigenvalue weighted by molar-refractivity contribution is 5.93. The number of nitrogens with one attached hydrogen (secondary N) is 1. The summed E-state index contributed by atoms with van der Waals surface area (Å²) in [6, 6.07) is 0.340. The van der Waals surface area contributed by atoms with Gasteiger partial charge in [0.2, 0.25) is 0 Å². The van der Waals surface area contributed by atoms with Crippen LogP contribution in [0.4, 0.5) is 0 Å². The molecule has 3 heteroatoms. The van der Waals surface area contributed by atoms with Crippen molar-refractivity contribution in [2.75, 3.05) is 20.6 Å². The summed E-state index contributed by atoms with van der Waals surface area (Å²) in [5.41, 5.74) is 0. The molecular formula is C9H16N2O. The van der Waals surface area contributed by atoms with E-state index in [1.54, 1.807) is 6.92 Å². The van der Waals surface area contributed by atoms with Crippen molar-refractivity contribution in [1.29, 1.82) is 0 Å². The van der Waals surface area contributed by atoms with E-state index in [1.165, 1.54) is 0 Å². The third-order valence-electron chi connectivity index (χ3n) is 1.68. The first-order valence-electron chi connectivity index (χ1n) is 3.95. The Morgan fingerprint density at radius 1 is 1.58 bits per heavy atom. The van der Waals surface area contributed by atoms with Gasteiger partial charge in [-0.05, 0) is 33.9 Å². The van der Waals surface area contributed by atoms with Crippen molar-refractivity contribution in [1.82, 2.24) is 10.2 Å². The molecule has 3 nitrogen and oxygen atoms in total. The highest BCUT2D eigenvalue weighted by atomic mass is 16.1. The topological polar surface area (TPSA) is 32.3 Å². The number of hydrogen-bond acceptors (Lipinski definition) is 2. The average Bonchev–Trinajstić information content (AvgIpc) is 2.00. The summed E-state index contributed by atoms with van der Waals surface area (Å²) in [5.74, 6) is 4.76. The van der Waals surface area contributed by atoms with Gasteiger partial charge >= 0.3 is 0 Å². The quantitative estimate of drug-likeness (QED) is 0.605. The first-order valence-corrected chi connectivity index (χ1v) is 3.95. The number of carbonyl (C=O) groups excluding carboxylic acids is 1. The Labute approximate surface area is 74.1 Å². The van der Waals surface area contributed by atoms with Gasteiger partial charge in [0.25, 0.3) is 5.91 Å². The van der Waals surface area contributed by atoms with Crippen LogP contribution in [-0.2, 0) is 4.79 Å². The molecule has 0 spiro atoms. The molecule has 0 rings (SSSR count). The third-order valence-corrected chi connectivity index (χ3v) is 1.68. The molecule has 0 saturated carbocycles. The molecule has 0 fully saturated rings. The average molecular weight is 168 g/mol. The molecule has 0 heterocycles. The molecule has 1 amide bonds. The third kappa shape index (κ3) is 4.75. The summed E-state index contributed by atoms with van der Waals surface area (Å²) >= 11 is 0. The zero-order valence-electron chi connectivity index (χ0n) is 8.14. The van der Waals surface area contributed by atoms with Gasteiger partial charge in [-0.2, -0.15) is 0 Å². The first kappa shape index (κ1) is 11.0. The van der Waals surface area contributed by atoms with Crippen molar-refractivity contribution in [2.45, 2.75) is 19.9 Å². The Morgan fingerprint density at radius 2 is 2.17 bits per heavy atom. The van der Waals surface area contributed by atoms with E-state index in [-0.39, 0.29) is 5.91 Å². The lowest BCUT2D eigenvalue weighted by Gasteiger charge is -2.19. The maximum atomic E-state index is 10.9. The lowest BCUT2D eigenvalue weighted by Crippen LogP contribution is -2.37. The van der Waals surface area contributed by atoms with E-state index < -0.39 is 0 Å². The molecule has 68 valence electrons. The van der Waals surface area contributed by atoms with Crippen molar-refractivity contribution in [2.24, 2.45) is 0 Å². The van der Waals surface area contributed by atoms with Gasteiger partial charge in [0.15, 0.2) is 0 Å². The van der Waals surface area contributed by atoms with Crippen LogP contribution in [0.25, 0.3) is 0 Å². The molecule has 0 aliphatic carbocycles. The predicted molar refractivity (Wildman–Crippen MR) is 49.6 cm³/mol. The summed E-state index contributed by atoms with van der Waals surface area (Å²) in [6.07, 6.45) is 0. The minimum Gasteiger partial charge on any atom is -0.344 e. The summed E-state index contributed by atoms with van der Waals surface area (Å²) in [6.45, 7) is 4.33. The molecule has 0 aromatic heterocycles. The Kier molecular flexibility index (Phi) is 5.14. The second-order valence-electron chi connectivity index (χ2n) is 2.90. The van der Waals surface area contributed by atoms with Gasteiger partial charge in [0.1, 0.15) is 0 Å². The van der Waals surface area contributed by atoms with Crippen molar-refractivity contribution in [3.63, 3.8) is 0 Å². The van der Waals surface area contributed by atoms with Crippen LogP contribution in [-0.4, -0.2) is 37.5 Å². The number of hydrogen-bond donors (Lipinski definition) is 1. The monoisotopic (exact) mass is 168 g/mol. The summed E-state index contributed by atoms with van der Waals surface area (Å²) in [4.78, 5) is 12.9. The van der Waals surface area contributed by atoms with Crippen molar-refractivity contribution in [3.8, 4) is 11.8 Å². The Hall–Kier alpha value is -1.01. The summed E-state index contributed by atoms with van der Waals surface area (Å²) < 4.78 is 0. The van der Waals surface area contributed by atoms with E-state index in [4.69, 9.17) is 0 Å². The zero-order chi connectivity index (χ0) is 9.56. The molecule has 0 saturated heterocycles. The fraction of sp³-hybridized carbons (Fsp3) is 0.667. The van der Waals surface area contributed by atoms with Gasteiger partial charge in [0.05, 0.1) is 0 Å². The molecule has 0 aromatic carbocycles. The van der Waals surface area contributed by atoms with Gasteiger partial charge in [-0.15, -0.1) is 0 Å². The maximum Gasteiger partial charge on any atom is 0.295 e. The Balaban J connectivity index is 3.66. The number of amides is 1. The summed E-state index contributed by atoms with van der Waals surface area (Å²) in [7, 11) is 3.95. The normalized spacial score (nSPS) is 11.8. The van der Waals surface area contributed by atoms with E-state index >= 15 is 0 Å². The van der Waals surface area contributed by atoms with E-state index in [2.05, 4.69) is 17.2 Å².